The molecule has 1 aliphatic rings. The Morgan fingerprint density at radius 2 is 2.05 bits per heavy atom. The van der Waals surface area contributed by atoms with E-state index in [4.69, 9.17) is 4.74 Å². The number of rotatable bonds is 5. The topological polar surface area (TPSA) is 66.8 Å². The van der Waals surface area contributed by atoms with Crippen LogP contribution in [-0.4, -0.2) is 42.1 Å². The van der Waals surface area contributed by atoms with Crippen LogP contribution in [0.15, 0.2) is 24.3 Å². The average Bonchev–Trinajstić information content (AvgIpc) is 2.92. The molecule has 21 heavy (non-hydrogen) atoms. The van der Waals surface area contributed by atoms with Crippen LogP contribution in [-0.2, 0) is 9.59 Å². The van der Waals surface area contributed by atoms with Crippen LogP contribution in [0.3, 0.4) is 0 Å². The van der Waals surface area contributed by atoms with Gasteiger partial charge in [-0.15, -0.1) is 0 Å². The van der Waals surface area contributed by atoms with E-state index >= 15 is 0 Å². The van der Waals surface area contributed by atoms with E-state index < -0.39 is 11.9 Å². The molecule has 0 spiro atoms. The molecular weight excluding hydrogens is 270 g/mol. The smallest absolute Gasteiger partial charge is 0.308 e. The number of carboxylic acid groups (broad SMARTS) is 1. The average molecular weight is 291 g/mol. The van der Waals surface area contributed by atoms with E-state index in [0.717, 1.165) is 12.0 Å². The molecule has 0 saturated carbocycles. The molecule has 1 N–H and O–H groups in total. The molecule has 1 heterocycles. The third kappa shape index (κ3) is 3.17. The van der Waals surface area contributed by atoms with Gasteiger partial charge in [0.05, 0.1) is 13.0 Å². The predicted molar refractivity (Wildman–Crippen MR) is 78.3 cm³/mol. The molecule has 114 valence electrons. The van der Waals surface area contributed by atoms with Crippen LogP contribution in [0.4, 0.5) is 0 Å². The number of aliphatic carboxylic acids is 1. The van der Waals surface area contributed by atoms with E-state index in [2.05, 4.69) is 0 Å². The van der Waals surface area contributed by atoms with E-state index in [1.165, 1.54) is 0 Å². The molecular formula is C16H21NO4. The molecule has 5 nitrogen and oxygen atoms in total. The van der Waals surface area contributed by atoms with Gasteiger partial charge in [0.15, 0.2) is 0 Å². The van der Waals surface area contributed by atoms with Crippen molar-refractivity contribution in [2.75, 3.05) is 20.2 Å². The molecule has 1 amide bonds. The number of nitrogens with zero attached hydrogens (tertiary/aromatic N) is 1. The number of ether oxygens (including phenoxy) is 1. The van der Waals surface area contributed by atoms with Gasteiger partial charge in [0.1, 0.15) is 5.75 Å². The number of para-hydroxylation sites is 1. The third-order valence-corrected chi connectivity index (χ3v) is 3.99. The van der Waals surface area contributed by atoms with E-state index in [9.17, 15) is 14.7 Å². The number of carboxylic acids is 1. The summed E-state index contributed by atoms with van der Waals surface area (Å²) < 4.78 is 5.33. The molecule has 0 aromatic heterocycles. The Hall–Kier alpha value is -2.04. The fourth-order valence-electron chi connectivity index (χ4n) is 2.92. The minimum absolute atomic E-state index is 0.0288. The number of carbonyl (C=O) groups excluding carboxylic acids is 1. The lowest BCUT2D eigenvalue weighted by Crippen LogP contribution is -2.29. The number of amides is 1. The van der Waals surface area contributed by atoms with Crippen molar-refractivity contribution in [2.45, 2.75) is 25.7 Å². The van der Waals surface area contributed by atoms with Crippen molar-refractivity contribution in [3.05, 3.63) is 29.8 Å². The van der Waals surface area contributed by atoms with Crippen LogP contribution in [0.2, 0.25) is 0 Å². The van der Waals surface area contributed by atoms with Crippen molar-refractivity contribution in [3.8, 4) is 5.75 Å². The summed E-state index contributed by atoms with van der Waals surface area (Å²) in [6, 6.07) is 7.43. The van der Waals surface area contributed by atoms with Crippen molar-refractivity contribution in [1.29, 1.82) is 0 Å². The van der Waals surface area contributed by atoms with E-state index in [0.29, 0.717) is 18.7 Å². The Labute approximate surface area is 124 Å². The maximum Gasteiger partial charge on any atom is 0.308 e. The van der Waals surface area contributed by atoms with Gasteiger partial charge in [0, 0.05) is 25.4 Å². The van der Waals surface area contributed by atoms with Crippen molar-refractivity contribution < 1.29 is 19.4 Å². The van der Waals surface area contributed by atoms with Gasteiger partial charge in [-0.1, -0.05) is 25.1 Å². The zero-order valence-electron chi connectivity index (χ0n) is 12.4. The Bertz CT molecular complexity index is 529. The molecule has 5 heteroatoms. The van der Waals surface area contributed by atoms with Gasteiger partial charge in [0.25, 0.3) is 0 Å². The van der Waals surface area contributed by atoms with Crippen LogP contribution in [0, 0.1) is 5.92 Å². The van der Waals surface area contributed by atoms with Crippen molar-refractivity contribution in [3.63, 3.8) is 0 Å². The molecule has 0 radical (unpaired) electrons. The van der Waals surface area contributed by atoms with Crippen LogP contribution in [0.1, 0.15) is 31.2 Å². The number of benzene rings is 1. The SMILES string of the molecule is CCCC(=O)N1C[C@H](C(=O)O)[C@@H](c2ccccc2OC)C1. The molecule has 1 aromatic carbocycles. The van der Waals surface area contributed by atoms with Crippen LogP contribution < -0.4 is 4.74 Å². The molecule has 1 saturated heterocycles. The Kier molecular flexibility index (Phi) is 4.83. The fraction of sp³-hybridized carbons (Fsp3) is 0.500. The second kappa shape index (κ2) is 6.61. The molecule has 0 bridgehead atoms. The zero-order chi connectivity index (χ0) is 15.4. The zero-order valence-corrected chi connectivity index (χ0v) is 12.4. The standard InChI is InChI=1S/C16H21NO4/c1-3-6-15(18)17-9-12(13(10-17)16(19)20)11-7-4-5-8-14(11)21-2/h4-5,7-8,12-13H,3,6,9-10H2,1-2H3,(H,19,20)/t12-,13+/m1/s1. The first kappa shape index (κ1) is 15.4. The molecule has 1 fully saturated rings. The Balaban J connectivity index is 2.28. The summed E-state index contributed by atoms with van der Waals surface area (Å²) in [6.07, 6.45) is 1.23. The van der Waals surface area contributed by atoms with Crippen LogP contribution in [0.5, 0.6) is 5.75 Å². The molecule has 0 unspecified atom stereocenters. The van der Waals surface area contributed by atoms with E-state index in [1.807, 2.05) is 31.2 Å². The first-order chi connectivity index (χ1) is 10.1. The Morgan fingerprint density at radius 1 is 1.33 bits per heavy atom. The summed E-state index contributed by atoms with van der Waals surface area (Å²) in [5.41, 5.74) is 0.860. The van der Waals surface area contributed by atoms with E-state index in [-0.39, 0.29) is 18.4 Å². The molecule has 1 aromatic rings. The van der Waals surface area contributed by atoms with Gasteiger partial charge in [-0.2, -0.15) is 0 Å². The van der Waals surface area contributed by atoms with Gasteiger partial charge in [-0.3, -0.25) is 9.59 Å². The predicted octanol–water partition coefficient (Wildman–Crippen LogP) is 2.12. The lowest BCUT2D eigenvalue weighted by atomic mass is 9.88. The second-order valence-electron chi connectivity index (χ2n) is 5.34. The fourth-order valence-corrected chi connectivity index (χ4v) is 2.92. The van der Waals surface area contributed by atoms with Crippen molar-refractivity contribution in [1.82, 2.24) is 4.90 Å². The highest BCUT2D eigenvalue weighted by Gasteiger charge is 2.41. The van der Waals surface area contributed by atoms with Crippen molar-refractivity contribution in [2.24, 2.45) is 5.92 Å². The van der Waals surface area contributed by atoms with Gasteiger partial charge < -0.3 is 14.7 Å². The van der Waals surface area contributed by atoms with Crippen LogP contribution >= 0.6 is 0 Å². The highest BCUT2D eigenvalue weighted by Crippen LogP contribution is 2.37. The molecule has 1 aliphatic heterocycles. The largest absolute Gasteiger partial charge is 0.496 e. The minimum atomic E-state index is -0.863. The number of carbonyl (C=O) groups is 2. The Morgan fingerprint density at radius 3 is 2.67 bits per heavy atom. The number of likely N-dealkylation sites (tertiary alicyclic amines) is 1. The summed E-state index contributed by atoms with van der Waals surface area (Å²) in [4.78, 5) is 25.2. The quantitative estimate of drug-likeness (QED) is 0.902. The third-order valence-electron chi connectivity index (χ3n) is 3.99. The molecule has 0 aliphatic carbocycles. The molecule has 2 rings (SSSR count). The number of methoxy groups -OCH3 is 1. The summed E-state index contributed by atoms with van der Waals surface area (Å²) in [7, 11) is 1.57. The highest BCUT2D eigenvalue weighted by atomic mass is 16.5. The summed E-state index contributed by atoms with van der Waals surface area (Å²) in [5, 5.41) is 9.46. The number of hydrogen-bond donors (Lipinski definition) is 1. The highest BCUT2D eigenvalue weighted by molar-refractivity contribution is 5.79. The minimum Gasteiger partial charge on any atom is -0.496 e. The second-order valence-corrected chi connectivity index (χ2v) is 5.34. The lowest BCUT2D eigenvalue weighted by Gasteiger charge is -2.18. The first-order valence-corrected chi connectivity index (χ1v) is 7.22. The van der Waals surface area contributed by atoms with E-state index in [1.54, 1.807) is 12.0 Å². The normalized spacial score (nSPS) is 21.3. The summed E-state index contributed by atoms with van der Waals surface area (Å²) >= 11 is 0. The first-order valence-electron chi connectivity index (χ1n) is 7.22. The monoisotopic (exact) mass is 291 g/mol. The summed E-state index contributed by atoms with van der Waals surface area (Å²) in [5.74, 6) is -0.959. The van der Waals surface area contributed by atoms with Crippen LogP contribution in [0.25, 0.3) is 0 Å². The summed E-state index contributed by atoms with van der Waals surface area (Å²) in [6.45, 7) is 2.66. The molecule has 2 atom stereocenters. The van der Waals surface area contributed by atoms with Gasteiger partial charge in [-0.25, -0.2) is 0 Å². The van der Waals surface area contributed by atoms with Crippen molar-refractivity contribution >= 4 is 11.9 Å². The van der Waals surface area contributed by atoms with Gasteiger partial charge in [-0.05, 0) is 18.1 Å². The van der Waals surface area contributed by atoms with Gasteiger partial charge >= 0.3 is 5.97 Å². The maximum absolute atomic E-state index is 12.0. The number of hydrogen-bond acceptors (Lipinski definition) is 3. The lowest BCUT2D eigenvalue weighted by molar-refractivity contribution is -0.141. The maximum atomic E-state index is 12.0. The van der Waals surface area contributed by atoms with Gasteiger partial charge in [0.2, 0.25) is 5.91 Å².